The molecule has 0 aliphatic heterocycles. The molecule has 0 bridgehead atoms. The summed E-state index contributed by atoms with van der Waals surface area (Å²) in [7, 11) is 0. The minimum Gasteiger partial charge on any atom is -0.481 e. The fraction of sp³-hybridized carbons (Fsp3) is 0.333. The zero-order valence-electron chi connectivity index (χ0n) is 11.7. The zero-order valence-corrected chi connectivity index (χ0v) is 11.7. The van der Waals surface area contributed by atoms with Gasteiger partial charge in [-0.3, -0.25) is 9.59 Å². The van der Waals surface area contributed by atoms with E-state index in [9.17, 15) is 14.7 Å². The molecule has 0 saturated heterocycles. The predicted octanol–water partition coefficient (Wildman–Crippen LogP) is 1.94. The van der Waals surface area contributed by atoms with Gasteiger partial charge in [-0.1, -0.05) is 37.3 Å². The average molecular weight is 287 g/mol. The number of Topliss-reactive ketones (excluding diaryl/α,β-unsaturated/α-hetero) is 1. The van der Waals surface area contributed by atoms with E-state index in [-0.39, 0.29) is 12.2 Å². The van der Waals surface area contributed by atoms with Crippen LogP contribution in [0.2, 0.25) is 0 Å². The summed E-state index contributed by atoms with van der Waals surface area (Å²) in [5, 5.41) is 13.5. The van der Waals surface area contributed by atoms with E-state index >= 15 is 0 Å². The first-order chi connectivity index (χ1) is 10.1. The lowest BCUT2D eigenvalue weighted by atomic mass is 9.88. The molecule has 1 N–H and O–H groups in total. The van der Waals surface area contributed by atoms with E-state index in [4.69, 9.17) is 0 Å². The summed E-state index contributed by atoms with van der Waals surface area (Å²) in [6, 6.07) is 8.35. The number of aliphatic carboxylic acids is 1. The number of aromatic nitrogens is 3. The third-order valence-electron chi connectivity index (χ3n) is 3.29. The molecular weight excluding hydrogens is 270 g/mol. The van der Waals surface area contributed by atoms with Crippen molar-refractivity contribution in [3.63, 3.8) is 0 Å². The molecule has 0 amide bonds. The molecule has 1 aromatic heterocycles. The van der Waals surface area contributed by atoms with Crippen molar-refractivity contribution < 1.29 is 14.7 Å². The maximum Gasteiger partial charge on any atom is 0.316 e. The van der Waals surface area contributed by atoms with Crippen LogP contribution in [0, 0.1) is 5.92 Å². The molecule has 0 aliphatic carbocycles. The Kier molecular flexibility index (Phi) is 4.81. The highest BCUT2D eigenvalue weighted by atomic mass is 16.4. The molecule has 2 atom stereocenters. The largest absolute Gasteiger partial charge is 0.481 e. The lowest BCUT2D eigenvalue weighted by Crippen LogP contribution is -2.34. The maximum absolute atomic E-state index is 12.3. The van der Waals surface area contributed by atoms with Crippen LogP contribution in [0.3, 0.4) is 0 Å². The number of ketones is 1. The monoisotopic (exact) mass is 287 g/mol. The molecule has 6 nitrogen and oxygen atoms in total. The molecule has 2 unspecified atom stereocenters. The molecule has 6 heteroatoms. The second-order valence-electron chi connectivity index (χ2n) is 4.76. The third kappa shape index (κ3) is 3.34. The van der Waals surface area contributed by atoms with Crippen LogP contribution in [-0.2, 0) is 9.59 Å². The topological polar surface area (TPSA) is 85.1 Å². The first kappa shape index (κ1) is 14.9. The van der Waals surface area contributed by atoms with Crippen LogP contribution < -0.4 is 0 Å². The molecule has 2 aromatic rings. The van der Waals surface area contributed by atoms with Crippen molar-refractivity contribution in [2.75, 3.05) is 0 Å². The van der Waals surface area contributed by atoms with Crippen molar-refractivity contribution in [3.8, 4) is 0 Å². The van der Waals surface area contributed by atoms with E-state index in [0.717, 1.165) is 5.56 Å². The lowest BCUT2D eigenvalue weighted by molar-refractivity contribution is -0.147. The van der Waals surface area contributed by atoms with Crippen molar-refractivity contribution in [1.29, 1.82) is 0 Å². The van der Waals surface area contributed by atoms with Crippen LogP contribution >= 0.6 is 0 Å². The number of carbonyl (C=O) groups excluding carboxylic acids is 1. The number of nitrogens with zero attached hydrogens (tertiary/aromatic N) is 3. The summed E-state index contributed by atoms with van der Waals surface area (Å²) < 4.78 is 1.43. The molecule has 2 rings (SSSR count). The van der Waals surface area contributed by atoms with Gasteiger partial charge in [0.2, 0.25) is 0 Å². The normalized spacial score (nSPS) is 13.6. The van der Waals surface area contributed by atoms with Gasteiger partial charge in [0.25, 0.3) is 0 Å². The van der Waals surface area contributed by atoms with Gasteiger partial charge in [-0.25, -0.2) is 9.67 Å². The molecule has 1 aromatic carbocycles. The molecular formula is C15H17N3O3. The van der Waals surface area contributed by atoms with Crippen molar-refractivity contribution in [2.45, 2.75) is 25.8 Å². The molecule has 0 radical (unpaired) electrons. The van der Waals surface area contributed by atoms with Gasteiger partial charge in [-0.15, -0.1) is 0 Å². The molecule has 0 aliphatic rings. The minimum absolute atomic E-state index is 0.231. The van der Waals surface area contributed by atoms with Crippen LogP contribution in [-0.4, -0.2) is 31.6 Å². The fourth-order valence-corrected chi connectivity index (χ4v) is 2.36. The average Bonchev–Trinajstić information content (AvgIpc) is 2.99. The summed E-state index contributed by atoms with van der Waals surface area (Å²) in [6.07, 6.45) is 3.61. The van der Waals surface area contributed by atoms with E-state index in [1.54, 1.807) is 12.1 Å². The third-order valence-corrected chi connectivity index (χ3v) is 3.29. The standard InChI is InChI=1S/C15H17N3O3/c1-2-6-12(19)13(15(20)21)14(18-10-16-9-17-18)11-7-4-3-5-8-11/h3-5,7-10,13-14H,2,6H2,1H3,(H,20,21). The number of hydrogen-bond donors (Lipinski definition) is 1. The molecule has 0 spiro atoms. The maximum atomic E-state index is 12.3. The van der Waals surface area contributed by atoms with Gasteiger partial charge in [-0.05, 0) is 12.0 Å². The van der Waals surface area contributed by atoms with Crippen LogP contribution in [0.15, 0.2) is 43.0 Å². The molecule has 110 valence electrons. The predicted molar refractivity (Wildman–Crippen MR) is 75.6 cm³/mol. The van der Waals surface area contributed by atoms with Gasteiger partial charge in [0, 0.05) is 6.42 Å². The van der Waals surface area contributed by atoms with Gasteiger partial charge >= 0.3 is 5.97 Å². The Labute approximate surface area is 122 Å². The van der Waals surface area contributed by atoms with Crippen LogP contribution in [0.1, 0.15) is 31.4 Å². The second kappa shape index (κ2) is 6.78. The van der Waals surface area contributed by atoms with E-state index < -0.39 is 17.9 Å². The summed E-state index contributed by atoms with van der Waals surface area (Å²) in [6.45, 7) is 1.85. The Balaban J connectivity index is 2.47. The van der Waals surface area contributed by atoms with Crippen molar-refractivity contribution in [2.24, 2.45) is 5.92 Å². The Morgan fingerprint density at radius 1 is 1.29 bits per heavy atom. The number of carbonyl (C=O) groups is 2. The summed E-state index contributed by atoms with van der Waals surface area (Å²) in [5.41, 5.74) is 0.722. The van der Waals surface area contributed by atoms with Crippen molar-refractivity contribution in [1.82, 2.24) is 14.8 Å². The van der Waals surface area contributed by atoms with E-state index in [0.29, 0.717) is 6.42 Å². The number of carboxylic acid groups (broad SMARTS) is 1. The highest BCUT2D eigenvalue weighted by Crippen LogP contribution is 2.28. The van der Waals surface area contributed by atoms with Gasteiger partial charge < -0.3 is 5.11 Å². The quantitative estimate of drug-likeness (QED) is 0.786. The number of carboxylic acids is 1. The first-order valence-electron chi connectivity index (χ1n) is 6.79. The van der Waals surface area contributed by atoms with Gasteiger partial charge in [0.15, 0.2) is 0 Å². The lowest BCUT2D eigenvalue weighted by Gasteiger charge is -2.23. The number of benzene rings is 1. The van der Waals surface area contributed by atoms with E-state index in [1.807, 2.05) is 25.1 Å². The summed E-state index contributed by atoms with van der Waals surface area (Å²) in [5.74, 6) is -2.61. The Morgan fingerprint density at radius 3 is 2.52 bits per heavy atom. The highest BCUT2D eigenvalue weighted by Gasteiger charge is 2.36. The summed E-state index contributed by atoms with van der Waals surface area (Å²) in [4.78, 5) is 27.8. The van der Waals surface area contributed by atoms with Gasteiger partial charge in [0.05, 0.1) is 6.04 Å². The Hall–Kier alpha value is -2.50. The SMILES string of the molecule is CCCC(=O)C(C(=O)O)C(c1ccccc1)n1cncn1. The Bertz CT molecular complexity index is 596. The Morgan fingerprint density at radius 2 is 2.00 bits per heavy atom. The minimum atomic E-state index is -1.17. The van der Waals surface area contributed by atoms with Crippen molar-refractivity contribution in [3.05, 3.63) is 48.5 Å². The highest BCUT2D eigenvalue weighted by molar-refractivity contribution is 5.99. The fourth-order valence-electron chi connectivity index (χ4n) is 2.36. The number of hydrogen-bond acceptors (Lipinski definition) is 4. The van der Waals surface area contributed by atoms with E-state index in [2.05, 4.69) is 10.1 Å². The number of rotatable bonds is 7. The van der Waals surface area contributed by atoms with Gasteiger partial charge in [0.1, 0.15) is 24.4 Å². The second-order valence-corrected chi connectivity index (χ2v) is 4.76. The molecule has 0 fully saturated rings. The van der Waals surface area contributed by atoms with E-state index in [1.165, 1.54) is 17.3 Å². The summed E-state index contributed by atoms with van der Waals surface area (Å²) >= 11 is 0. The first-order valence-corrected chi connectivity index (χ1v) is 6.79. The molecule has 21 heavy (non-hydrogen) atoms. The molecule has 0 saturated carbocycles. The van der Waals surface area contributed by atoms with Crippen molar-refractivity contribution >= 4 is 11.8 Å². The molecule has 1 heterocycles. The van der Waals surface area contributed by atoms with Crippen LogP contribution in [0.5, 0.6) is 0 Å². The van der Waals surface area contributed by atoms with Gasteiger partial charge in [-0.2, -0.15) is 5.10 Å². The van der Waals surface area contributed by atoms with Crippen LogP contribution in [0.4, 0.5) is 0 Å². The smallest absolute Gasteiger partial charge is 0.316 e. The zero-order chi connectivity index (χ0) is 15.2. The van der Waals surface area contributed by atoms with Crippen LogP contribution in [0.25, 0.3) is 0 Å².